The maximum absolute atomic E-state index is 11.9. The molecule has 5 heteroatoms. The Bertz CT molecular complexity index is 340. The van der Waals surface area contributed by atoms with E-state index in [4.69, 9.17) is 4.74 Å². The van der Waals surface area contributed by atoms with E-state index in [1.165, 1.54) is 32.1 Å². The minimum atomic E-state index is -3.01. The van der Waals surface area contributed by atoms with Gasteiger partial charge >= 0.3 is 0 Å². The highest BCUT2D eigenvalue weighted by Crippen LogP contribution is 2.19. The van der Waals surface area contributed by atoms with E-state index in [1.54, 1.807) is 20.8 Å². The molecule has 4 nitrogen and oxygen atoms in total. The van der Waals surface area contributed by atoms with E-state index in [-0.39, 0.29) is 5.75 Å². The Morgan fingerprint density at radius 3 is 2.32 bits per heavy atom. The predicted molar refractivity (Wildman–Crippen MR) is 79.2 cm³/mol. The van der Waals surface area contributed by atoms with Crippen molar-refractivity contribution < 1.29 is 13.2 Å². The number of rotatable bonds is 7. The monoisotopic (exact) mass is 291 g/mol. The minimum absolute atomic E-state index is 0.194. The molecule has 19 heavy (non-hydrogen) atoms. The molecule has 0 aromatic heterocycles. The lowest BCUT2D eigenvalue weighted by Gasteiger charge is -2.22. The largest absolute Gasteiger partial charge is 0.377 e. The van der Waals surface area contributed by atoms with E-state index in [1.807, 2.05) is 0 Å². The van der Waals surface area contributed by atoms with Crippen LogP contribution in [0.25, 0.3) is 0 Å². The van der Waals surface area contributed by atoms with E-state index in [2.05, 4.69) is 5.32 Å². The summed E-state index contributed by atoms with van der Waals surface area (Å²) >= 11 is 0. The number of nitrogens with one attached hydrogen (secondary N) is 1. The van der Waals surface area contributed by atoms with Gasteiger partial charge in [0.25, 0.3) is 0 Å². The molecule has 0 saturated heterocycles. The minimum Gasteiger partial charge on any atom is -0.377 e. The first-order chi connectivity index (χ1) is 8.83. The van der Waals surface area contributed by atoms with Gasteiger partial charge in [-0.05, 0) is 33.6 Å². The normalized spacial score (nSPS) is 18.7. The first kappa shape index (κ1) is 16.9. The second-order valence-corrected chi connectivity index (χ2v) is 9.17. The van der Waals surface area contributed by atoms with Crippen molar-refractivity contribution in [3.63, 3.8) is 0 Å². The molecule has 1 N–H and O–H groups in total. The molecule has 114 valence electrons. The van der Waals surface area contributed by atoms with Crippen LogP contribution in [0.4, 0.5) is 0 Å². The van der Waals surface area contributed by atoms with Gasteiger partial charge in [-0.15, -0.1) is 0 Å². The molecule has 0 unspecified atom stereocenters. The van der Waals surface area contributed by atoms with Gasteiger partial charge in [0, 0.05) is 13.1 Å². The Morgan fingerprint density at radius 1 is 1.11 bits per heavy atom. The van der Waals surface area contributed by atoms with Gasteiger partial charge in [-0.3, -0.25) is 0 Å². The van der Waals surface area contributed by atoms with Crippen LogP contribution >= 0.6 is 0 Å². The summed E-state index contributed by atoms with van der Waals surface area (Å²) in [6, 6.07) is 0. The molecule has 1 fully saturated rings. The molecule has 0 aromatic carbocycles. The van der Waals surface area contributed by atoms with Crippen LogP contribution in [0.2, 0.25) is 0 Å². The Labute approximate surface area is 118 Å². The molecule has 0 atom stereocenters. The van der Waals surface area contributed by atoms with Gasteiger partial charge in [0.1, 0.15) is 0 Å². The predicted octanol–water partition coefficient (Wildman–Crippen LogP) is 2.14. The fourth-order valence-corrected chi connectivity index (χ4v) is 3.19. The van der Waals surface area contributed by atoms with Crippen LogP contribution in [-0.4, -0.2) is 44.7 Å². The third-order valence-corrected chi connectivity index (χ3v) is 6.27. The molecule has 1 rings (SSSR count). The van der Waals surface area contributed by atoms with Crippen LogP contribution in [0.15, 0.2) is 0 Å². The number of hydrogen-bond acceptors (Lipinski definition) is 4. The van der Waals surface area contributed by atoms with Crippen molar-refractivity contribution in [2.75, 3.05) is 25.4 Å². The van der Waals surface area contributed by atoms with Crippen molar-refractivity contribution in [3.05, 3.63) is 0 Å². The van der Waals surface area contributed by atoms with Crippen molar-refractivity contribution in [3.8, 4) is 0 Å². The van der Waals surface area contributed by atoms with Crippen molar-refractivity contribution >= 4 is 9.84 Å². The van der Waals surface area contributed by atoms with E-state index in [0.717, 1.165) is 6.54 Å². The Hall–Kier alpha value is -0.130. The molecule has 0 aromatic rings. The summed E-state index contributed by atoms with van der Waals surface area (Å²) in [4.78, 5) is 0. The Morgan fingerprint density at radius 2 is 1.74 bits per heavy atom. The molecular weight excluding hydrogens is 262 g/mol. The maximum Gasteiger partial charge on any atom is 0.156 e. The standard InChI is InChI=1S/C14H29NO3S/c1-14(2,3)19(16,17)12-10-15-9-11-18-13-7-5-4-6-8-13/h13,15H,4-12H2,1-3H3. The van der Waals surface area contributed by atoms with Crippen molar-refractivity contribution in [2.24, 2.45) is 0 Å². The summed E-state index contributed by atoms with van der Waals surface area (Å²) in [7, 11) is -3.01. The third-order valence-electron chi connectivity index (χ3n) is 3.67. The summed E-state index contributed by atoms with van der Waals surface area (Å²) in [6.45, 7) is 7.15. The topological polar surface area (TPSA) is 55.4 Å². The second kappa shape index (κ2) is 7.60. The molecule has 0 bridgehead atoms. The van der Waals surface area contributed by atoms with E-state index < -0.39 is 14.6 Å². The lowest BCUT2D eigenvalue weighted by atomic mass is 9.98. The van der Waals surface area contributed by atoms with E-state index >= 15 is 0 Å². The molecule has 0 radical (unpaired) electrons. The number of hydrogen-bond donors (Lipinski definition) is 1. The van der Waals surface area contributed by atoms with Gasteiger partial charge in [0.2, 0.25) is 0 Å². The van der Waals surface area contributed by atoms with Crippen LogP contribution < -0.4 is 5.32 Å². The van der Waals surface area contributed by atoms with Gasteiger partial charge in [0.15, 0.2) is 9.84 Å². The lowest BCUT2D eigenvalue weighted by Crippen LogP contribution is -2.35. The zero-order chi connectivity index (χ0) is 14.4. The SMILES string of the molecule is CC(C)(C)S(=O)(=O)CCNCCOC1CCCCC1. The Kier molecular flexibility index (Phi) is 6.77. The highest BCUT2D eigenvalue weighted by molar-refractivity contribution is 7.92. The summed E-state index contributed by atoms with van der Waals surface area (Å²) in [5, 5.41) is 3.15. The average Bonchev–Trinajstić information content (AvgIpc) is 2.33. The lowest BCUT2D eigenvalue weighted by molar-refractivity contribution is 0.0305. The fraction of sp³-hybridized carbons (Fsp3) is 1.00. The zero-order valence-electron chi connectivity index (χ0n) is 12.6. The van der Waals surface area contributed by atoms with Crippen LogP contribution in [0.3, 0.4) is 0 Å². The van der Waals surface area contributed by atoms with Gasteiger partial charge in [-0.25, -0.2) is 8.42 Å². The van der Waals surface area contributed by atoms with E-state index in [9.17, 15) is 8.42 Å². The van der Waals surface area contributed by atoms with Crippen molar-refractivity contribution in [1.82, 2.24) is 5.32 Å². The third kappa shape index (κ3) is 6.23. The zero-order valence-corrected chi connectivity index (χ0v) is 13.4. The van der Waals surface area contributed by atoms with Crippen molar-refractivity contribution in [2.45, 2.75) is 63.7 Å². The highest BCUT2D eigenvalue weighted by atomic mass is 32.2. The molecule has 1 saturated carbocycles. The quantitative estimate of drug-likeness (QED) is 0.730. The van der Waals surface area contributed by atoms with Gasteiger partial charge < -0.3 is 10.1 Å². The molecule has 1 aliphatic rings. The number of ether oxygens (including phenoxy) is 1. The molecule has 0 heterocycles. The fourth-order valence-electron chi connectivity index (χ4n) is 2.17. The summed E-state index contributed by atoms with van der Waals surface area (Å²) in [5.74, 6) is 0.194. The molecule has 0 spiro atoms. The summed E-state index contributed by atoms with van der Waals surface area (Å²) in [5.41, 5.74) is 0. The molecule has 0 amide bonds. The second-order valence-electron chi connectivity index (χ2n) is 6.31. The van der Waals surface area contributed by atoms with Crippen LogP contribution in [0.5, 0.6) is 0 Å². The maximum atomic E-state index is 11.9. The van der Waals surface area contributed by atoms with Gasteiger partial charge in [-0.2, -0.15) is 0 Å². The highest BCUT2D eigenvalue weighted by Gasteiger charge is 2.27. The smallest absolute Gasteiger partial charge is 0.156 e. The van der Waals surface area contributed by atoms with Crippen molar-refractivity contribution in [1.29, 1.82) is 0 Å². The first-order valence-corrected chi connectivity index (χ1v) is 9.03. The summed E-state index contributed by atoms with van der Waals surface area (Å²) in [6.07, 6.45) is 6.68. The van der Waals surface area contributed by atoms with Gasteiger partial charge in [-0.1, -0.05) is 19.3 Å². The summed E-state index contributed by atoms with van der Waals surface area (Å²) < 4.78 is 28.8. The van der Waals surface area contributed by atoms with Crippen LogP contribution in [-0.2, 0) is 14.6 Å². The van der Waals surface area contributed by atoms with Crippen LogP contribution in [0, 0.1) is 0 Å². The average molecular weight is 291 g/mol. The first-order valence-electron chi connectivity index (χ1n) is 7.37. The number of sulfone groups is 1. The molecular formula is C14H29NO3S. The molecule has 1 aliphatic carbocycles. The Balaban J connectivity index is 2.05. The van der Waals surface area contributed by atoms with Crippen LogP contribution in [0.1, 0.15) is 52.9 Å². The van der Waals surface area contributed by atoms with Gasteiger partial charge in [0.05, 0.1) is 23.2 Å². The molecule has 0 aliphatic heterocycles. The van der Waals surface area contributed by atoms with E-state index in [0.29, 0.717) is 19.3 Å².